The minimum Gasteiger partial charge on any atom is -0.364 e. The van der Waals surface area contributed by atoms with E-state index in [-0.39, 0.29) is 0 Å². The van der Waals surface area contributed by atoms with E-state index in [9.17, 15) is 0 Å². The van der Waals surface area contributed by atoms with Crippen LogP contribution in [0.15, 0.2) is 41.4 Å². The van der Waals surface area contributed by atoms with Gasteiger partial charge >= 0.3 is 0 Å². The van der Waals surface area contributed by atoms with Gasteiger partial charge < -0.3 is 20.4 Å². The molecule has 2 aliphatic heterocycles. The summed E-state index contributed by atoms with van der Waals surface area (Å²) in [5.41, 5.74) is 2.57. The monoisotopic (exact) mass is 369 g/mol. The third-order valence-corrected chi connectivity index (χ3v) is 5.56. The van der Waals surface area contributed by atoms with Crippen molar-refractivity contribution in [3.05, 3.63) is 42.0 Å². The fourth-order valence-corrected chi connectivity index (χ4v) is 3.77. The van der Waals surface area contributed by atoms with Gasteiger partial charge in [0.15, 0.2) is 5.96 Å². The van der Waals surface area contributed by atoms with Crippen molar-refractivity contribution in [2.75, 3.05) is 44.7 Å². The van der Waals surface area contributed by atoms with Gasteiger partial charge in [-0.15, -0.1) is 0 Å². The molecule has 0 amide bonds. The lowest BCUT2D eigenvalue weighted by atomic mass is 10.0. The highest BCUT2D eigenvalue weighted by atomic mass is 15.2. The molecule has 1 fully saturated rings. The summed E-state index contributed by atoms with van der Waals surface area (Å²) in [7, 11) is 1.86. The number of hydrogen-bond donors (Lipinski definition) is 2. The highest BCUT2D eigenvalue weighted by molar-refractivity contribution is 5.80. The number of anilines is 1. The number of rotatable bonds is 7. The SMILES string of the molecule is CCCCN1CCC(NC(=NC)NCc2ccc(N3CC=CC3)cc2)CC1. The Morgan fingerprint density at radius 2 is 1.81 bits per heavy atom. The van der Waals surface area contributed by atoms with Gasteiger partial charge in [-0.25, -0.2) is 0 Å². The van der Waals surface area contributed by atoms with Gasteiger partial charge in [0.2, 0.25) is 0 Å². The first-order valence-corrected chi connectivity index (χ1v) is 10.5. The molecule has 27 heavy (non-hydrogen) atoms. The molecule has 0 saturated carbocycles. The van der Waals surface area contributed by atoms with Crippen LogP contribution in [-0.4, -0.2) is 56.7 Å². The molecule has 2 N–H and O–H groups in total. The topological polar surface area (TPSA) is 42.9 Å². The van der Waals surface area contributed by atoms with E-state index in [0.29, 0.717) is 6.04 Å². The summed E-state index contributed by atoms with van der Waals surface area (Å²) in [5.74, 6) is 0.912. The molecule has 3 rings (SSSR count). The second-order valence-electron chi connectivity index (χ2n) is 7.58. The lowest BCUT2D eigenvalue weighted by Crippen LogP contribution is -2.48. The minimum atomic E-state index is 0.527. The van der Waals surface area contributed by atoms with Gasteiger partial charge in [0.1, 0.15) is 0 Å². The van der Waals surface area contributed by atoms with Crippen LogP contribution in [0.25, 0.3) is 0 Å². The van der Waals surface area contributed by atoms with Crippen LogP contribution in [0.5, 0.6) is 0 Å². The summed E-state index contributed by atoms with van der Waals surface area (Å²) in [6.07, 6.45) is 9.43. The van der Waals surface area contributed by atoms with E-state index in [0.717, 1.165) is 25.6 Å². The van der Waals surface area contributed by atoms with Crippen molar-refractivity contribution >= 4 is 11.6 Å². The number of nitrogens with one attached hydrogen (secondary N) is 2. The molecule has 1 aromatic carbocycles. The van der Waals surface area contributed by atoms with Gasteiger partial charge in [-0.3, -0.25) is 4.99 Å². The average molecular weight is 370 g/mol. The zero-order chi connectivity index (χ0) is 18.9. The molecule has 0 aliphatic carbocycles. The Balaban J connectivity index is 1.40. The summed E-state index contributed by atoms with van der Waals surface area (Å²) in [6.45, 7) is 8.74. The highest BCUT2D eigenvalue weighted by Gasteiger charge is 2.19. The fraction of sp³-hybridized carbons (Fsp3) is 0.591. The van der Waals surface area contributed by atoms with E-state index in [1.807, 2.05) is 7.05 Å². The van der Waals surface area contributed by atoms with Gasteiger partial charge in [0.25, 0.3) is 0 Å². The number of piperidine rings is 1. The molecular weight excluding hydrogens is 334 g/mol. The maximum absolute atomic E-state index is 4.41. The van der Waals surface area contributed by atoms with Crippen LogP contribution in [0.1, 0.15) is 38.2 Å². The van der Waals surface area contributed by atoms with Crippen molar-refractivity contribution in [1.29, 1.82) is 0 Å². The second-order valence-corrected chi connectivity index (χ2v) is 7.58. The normalized spacial score (nSPS) is 18.9. The maximum atomic E-state index is 4.41. The van der Waals surface area contributed by atoms with E-state index >= 15 is 0 Å². The van der Waals surface area contributed by atoms with E-state index in [2.05, 4.69) is 68.8 Å². The summed E-state index contributed by atoms with van der Waals surface area (Å²) in [6, 6.07) is 9.37. The maximum Gasteiger partial charge on any atom is 0.191 e. The van der Waals surface area contributed by atoms with Crippen LogP contribution in [-0.2, 0) is 6.54 Å². The summed E-state index contributed by atoms with van der Waals surface area (Å²) in [5, 5.41) is 7.07. The van der Waals surface area contributed by atoms with Gasteiger partial charge in [-0.2, -0.15) is 0 Å². The Morgan fingerprint density at radius 1 is 1.11 bits per heavy atom. The molecule has 1 saturated heterocycles. The lowest BCUT2D eigenvalue weighted by Gasteiger charge is -2.33. The molecule has 0 bridgehead atoms. The lowest BCUT2D eigenvalue weighted by molar-refractivity contribution is 0.203. The molecule has 0 spiro atoms. The van der Waals surface area contributed by atoms with Crippen LogP contribution >= 0.6 is 0 Å². The first-order valence-electron chi connectivity index (χ1n) is 10.5. The van der Waals surface area contributed by atoms with Gasteiger partial charge in [-0.1, -0.05) is 37.6 Å². The van der Waals surface area contributed by atoms with Crippen LogP contribution < -0.4 is 15.5 Å². The van der Waals surface area contributed by atoms with Crippen LogP contribution in [0, 0.1) is 0 Å². The van der Waals surface area contributed by atoms with Crippen LogP contribution in [0.3, 0.4) is 0 Å². The van der Waals surface area contributed by atoms with Crippen molar-refractivity contribution in [2.24, 2.45) is 4.99 Å². The standard InChI is InChI=1S/C22H35N5/c1-3-4-13-26-16-11-20(12-17-26)25-22(23-2)24-18-19-7-9-21(10-8-19)27-14-5-6-15-27/h5-10,20H,3-4,11-18H2,1-2H3,(H2,23,24,25). The third-order valence-electron chi connectivity index (χ3n) is 5.56. The average Bonchev–Trinajstić information content (AvgIpc) is 3.26. The number of benzene rings is 1. The number of likely N-dealkylation sites (tertiary alicyclic amines) is 1. The van der Waals surface area contributed by atoms with Crippen molar-refractivity contribution < 1.29 is 0 Å². The van der Waals surface area contributed by atoms with Gasteiger partial charge in [-0.05, 0) is 43.5 Å². The zero-order valence-electron chi connectivity index (χ0n) is 17.0. The molecule has 0 atom stereocenters. The van der Waals surface area contributed by atoms with E-state index in [1.165, 1.54) is 56.6 Å². The van der Waals surface area contributed by atoms with Crippen molar-refractivity contribution in [1.82, 2.24) is 15.5 Å². The van der Waals surface area contributed by atoms with Gasteiger partial charge in [0.05, 0.1) is 0 Å². The molecular formula is C22H35N5. The quantitative estimate of drug-likeness (QED) is 0.441. The first-order chi connectivity index (χ1) is 13.3. The van der Waals surface area contributed by atoms with E-state index < -0.39 is 0 Å². The summed E-state index contributed by atoms with van der Waals surface area (Å²) >= 11 is 0. The molecule has 2 heterocycles. The minimum absolute atomic E-state index is 0.527. The van der Waals surface area contributed by atoms with Crippen molar-refractivity contribution in [3.63, 3.8) is 0 Å². The Morgan fingerprint density at radius 3 is 2.44 bits per heavy atom. The Bertz CT molecular complexity index is 606. The predicted octanol–water partition coefficient (Wildman–Crippen LogP) is 2.99. The van der Waals surface area contributed by atoms with Crippen molar-refractivity contribution in [2.45, 2.75) is 45.2 Å². The summed E-state index contributed by atoms with van der Waals surface area (Å²) in [4.78, 5) is 9.37. The van der Waals surface area contributed by atoms with Crippen LogP contribution in [0.4, 0.5) is 5.69 Å². The molecule has 0 unspecified atom stereocenters. The number of hydrogen-bond acceptors (Lipinski definition) is 3. The molecule has 148 valence electrons. The Hall–Kier alpha value is -2.01. The molecule has 0 radical (unpaired) electrons. The molecule has 5 heteroatoms. The molecule has 1 aromatic rings. The van der Waals surface area contributed by atoms with Gasteiger partial charge in [0, 0.05) is 51.5 Å². The Labute approximate surface area is 164 Å². The third kappa shape index (κ3) is 5.99. The van der Waals surface area contributed by atoms with E-state index in [4.69, 9.17) is 0 Å². The fourth-order valence-electron chi connectivity index (χ4n) is 3.77. The van der Waals surface area contributed by atoms with E-state index in [1.54, 1.807) is 0 Å². The largest absolute Gasteiger partial charge is 0.364 e. The number of unbranched alkanes of at least 4 members (excludes halogenated alkanes) is 1. The Kier molecular flexibility index (Phi) is 7.57. The number of guanidine groups is 1. The number of aliphatic imine (C=N–C) groups is 1. The molecule has 0 aromatic heterocycles. The smallest absolute Gasteiger partial charge is 0.191 e. The second kappa shape index (κ2) is 10.4. The first kappa shape index (κ1) is 19.7. The zero-order valence-corrected chi connectivity index (χ0v) is 17.0. The molecule has 2 aliphatic rings. The van der Waals surface area contributed by atoms with Crippen molar-refractivity contribution in [3.8, 4) is 0 Å². The van der Waals surface area contributed by atoms with Crippen LogP contribution in [0.2, 0.25) is 0 Å². The molecule has 5 nitrogen and oxygen atoms in total. The number of nitrogens with zero attached hydrogens (tertiary/aromatic N) is 3. The highest BCUT2D eigenvalue weighted by Crippen LogP contribution is 2.17. The predicted molar refractivity (Wildman–Crippen MR) is 115 cm³/mol. The summed E-state index contributed by atoms with van der Waals surface area (Å²) < 4.78 is 0.